The van der Waals surface area contributed by atoms with E-state index in [0.29, 0.717) is 12.6 Å². The van der Waals surface area contributed by atoms with Gasteiger partial charge < -0.3 is 19.5 Å². The maximum absolute atomic E-state index is 12.7. The number of anilines is 1. The number of likely N-dealkylation sites (tertiary alicyclic amines) is 1. The number of hydrogen-bond donors (Lipinski definition) is 1. The summed E-state index contributed by atoms with van der Waals surface area (Å²) in [6.07, 6.45) is 2.22. The van der Waals surface area contributed by atoms with E-state index in [1.807, 2.05) is 55.3 Å². The van der Waals surface area contributed by atoms with E-state index in [9.17, 15) is 4.79 Å². The highest BCUT2D eigenvalue weighted by atomic mass is 16.3. The van der Waals surface area contributed by atoms with E-state index in [-0.39, 0.29) is 5.91 Å². The maximum atomic E-state index is 12.7. The molecule has 0 bridgehead atoms. The number of amides is 1. The van der Waals surface area contributed by atoms with Gasteiger partial charge in [-0.1, -0.05) is 0 Å². The van der Waals surface area contributed by atoms with Gasteiger partial charge in [-0.3, -0.25) is 4.79 Å². The number of furan rings is 1. The van der Waals surface area contributed by atoms with Gasteiger partial charge >= 0.3 is 0 Å². The van der Waals surface area contributed by atoms with Crippen LogP contribution in [0.1, 0.15) is 34.7 Å². The first-order valence-corrected chi connectivity index (χ1v) is 8.88. The first-order chi connectivity index (χ1) is 12.0. The highest BCUT2D eigenvalue weighted by molar-refractivity contribution is 5.94. The van der Waals surface area contributed by atoms with Crippen LogP contribution in [0.4, 0.5) is 5.69 Å². The van der Waals surface area contributed by atoms with E-state index in [1.54, 1.807) is 0 Å². The first-order valence-electron chi connectivity index (χ1n) is 8.88. The van der Waals surface area contributed by atoms with E-state index in [2.05, 4.69) is 17.3 Å². The molecule has 1 fully saturated rings. The normalized spacial score (nSPS) is 18.1. The minimum Gasteiger partial charge on any atom is -0.465 e. The van der Waals surface area contributed by atoms with Crippen LogP contribution >= 0.6 is 0 Å². The summed E-state index contributed by atoms with van der Waals surface area (Å²) in [6.45, 7) is 4.64. The summed E-state index contributed by atoms with van der Waals surface area (Å²) in [5.74, 6) is 1.90. The van der Waals surface area contributed by atoms with Gasteiger partial charge in [-0.25, -0.2) is 0 Å². The summed E-state index contributed by atoms with van der Waals surface area (Å²) < 4.78 is 5.55. The van der Waals surface area contributed by atoms with Crippen molar-refractivity contribution < 1.29 is 9.21 Å². The Balaban J connectivity index is 1.58. The number of nitrogens with zero attached hydrogens (tertiary/aromatic N) is 2. The summed E-state index contributed by atoms with van der Waals surface area (Å²) in [6, 6.07) is 11.9. The molecule has 25 heavy (non-hydrogen) atoms. The maximum Gasteiger partial charge on any atom is 0.253 e. The molecule has 1 saturated heterocycles. The molecule has 1 aliphatic rings. The minimum atomic E-state index is 0.0912. The summed E-state index contributed by atoms with van der Waals surface area (Å²) in [5.41, 5.74) is 1.71. The summed E-state index contributed by atoms with van der Waals surface area (Å²) in [5, 5.41) is 3.31. The van der Waals surface area contributed by atoms with Gasteiger partial charge in [0.2, 0.25) is 0 Å². The molecule has 0 spiro atoms. The third-order valence-corrected chi connectivity index (χ3v) is 4.86. The lowest BCUT2D eigenvalue weighted by Crippen LogP contribution is -2.47. The lowest BCUT2D eigenvalue weighted by molar-refractivity contribution is 0.0644. The molecule has 1 aromatic carbocycles. The number of carbonyl (C=O) groups is 1. The van der Waals surface area contributed by atoms with Crippen LogP contribution in [0.15, 0.2) is 40.8 Å². The van der Waals surface area contributed by atoms with Crippen LogP contribution in [0.2, 0.25) is 0 Å². The van der Waals surface area contributed by atoms with E-state index >= 15 is 0 Å². The number of hydrogen-bond acceptors (Lipinski definition) is 4. The SMILES string of the molecule is Cc1ccc(CNc2ccc(C(=O)N(C)C3CCCN(C)C3)cc2)o1. The van der Waals surface area contributed by atoms with Crippen molar-refractivity contribution in [2.45, 2.75) is 32.4 Å². The van der Waals surface area contributed by atoms with Crippen LogP contribution in [0.5, 0.6) is 0 Å². The molecule has 1 unspecified atom stereocenters. The number of likely N-dealkylation sites (N-methyl/N-ethyl adjacent to an activating group) is 2. The van der Waals surface area contributed by atoms with Crippen molar-refractivity contribution in [3.8, 4) is 0 Å². The largest absolute Gasteiger partial charge is 0.465 e. The molecular formula is C20H27N3O2. The quantitative estimate of drug-likeness (QED) is 0.906. The van der Waals surface area contributed by atoms with Crippen LogP contribution in [0.3, 0.4) is 0 Å². The Kier molecular flexibility index (Phi) is 5.43. The Morgan fingerprint density at radius 2 is 2.04 bits per heavy atom. The fourth-order valence-electron chi connectivity index (χ4n) is 3.32. The number of aryl methyl sites for hydroxylation is 1. The smallest absolute Gasteiger partial charge is 0.253 e. The molecule has 2 heterocycles. The Bertz CT molecular complexity index is 708. The molecule has 1 amide bonds. The van der Waals surface area contributed by atoms with Crippen LogP contribution in [-0.4, -0.2) is 48.9 Å². The van der Waals surface area contributed by atoms with Crippen LogP contribution in [-0.2, 0) is 6.54 Å². The Labute approximate surface area is 149 Å². The van der Waals surface area contributed by atoms with Gasteiger partial charge in [0, 0.05) is 30.9 Å². The predicted octanol–water partition coefficient (Wildman–Crippen LogP) is 3.37. The fraction of sp³-hybridized carbons (Fsp3) is 0.450. The summed E-state index contributed by atoms with van der Waals surface area (Å²) >= 11 is 0. The molecule has 0 radical (unpaired) electrons. The summed E-state index contributed by atoms with van der Waals surface area (Å²) in [7, 11) is 4.03. The zero-order valence-electron chi connectivity index (χ0n) is 15.3. The second kappa shape index (κ2) is 7.74. The van der Waals surface area contributed by atoms with Gasteiger partial charge in [0.25, 0.3) is 5.91 Å². The predicted molar refractivity (Wildman–Crippen MR) is 99.8 cm³/mol. The van der Waals surface area contributed by atoms with Gasteiger partial charge in [-0.15, -0.1) is 0 Å². The van der Waals surface area contributed by atoms with Crippen LogP contribution in [0.25, 0.3) is 0 Å². The molecule has 2 aromatic rings. The monoisotopic (exact) mass is 341 g/mol. The van der Waals surface area contributed by atoms with Gasteiger partial charge in [0.1, 0.15) is 11.5 Å². The zero-order valence-corrected chi connectivity index (χ0v) is 15.3. The molecule has 0 aliphatic carbocycles. The molecule has 5 heteroatoms. The Morgan fingerprint density at radius 1 is 1.28 bits per heavy atom. The Morgan fingerprint density at radius 3 is 2.68 bits per heavy atom. The summed E-state index contributed by atoms with van der Waals surface area (Å²) in [4.78, 5) is 16.9. The number of carbonyl (C=O) groups excluding carboxylic acids is 1. The van der Waals surface area contributed by atoms with Crippen molar-refractivity contribution in [1.29, 1.82) is 0 Å². The van der Waals surface area contributed by atoms with Crippen molar-refractivity contribution in [1.82, 2.24) is 9.80 Å². The molecular weight excluding hydrogens is 314 g/mol. The first kappa shape index (κ1) is 17.5. The van der Waals surface area contributed by atoms with Gasteiger partial charge in [0.15, 0.2) is 0 Å². The van der Waals surface area contributed by atoms with Crippen molar-refractivity contribution in [2.24, 2.45) is 0 Å². The van der Waals surface area contributed by atoms with Crippen molar-refractivity contribution >= 4 is 11.6 Å². The third kappa shape index (κ3) is 4.42. The second-order valence-electron chi connectivity index (χ2n) is 6.92. The molecule has 1 N–H and O–H groups in total. The van der Waals surface area contributed by atoms with Gasteiger partial charge in [-0.05, 0) is 69.8 Å². The third-order valence-electron chi connectivity index (χ3n) is 4.86. The average molecular weight is 341 g/mol. The van der Waals surface area contributed by atoms with Crippen LogP contribution in [0, 0.1) is 6.92 Å². The molecule has 3 rings (SSSR count). The number of nitrogens with one attached hydrogen (secondary N) is 1. The molecule has 1 atom stereocenters. The lowest BCUT2D eigenvalue weighted by Gasteiger charge is -2.35. The average Bonchev–Trinajstić information content (AvgIpc) is 3.04. The number of rotatable bonds is 5. The lowest BCUT2D eigenvalue weighted by atomic mass is 10.0. The second-order valence-corrected chi connectivity index (χ2v) is 6.92. The number of benzene rings is 1. The van der Waals surface area contributed by atoms with Gasteiger partial charge in [-0.2, -0.15) is 0 Å². The van der Waals surface area contributed by atoms with E-state index in [1.165, 1.54) is 0 Å². The molecule has 1 aliphatic heterocycles. The molecule has 5 nitrogen and oxygen atoms in total. The van der Waals surface area contributed by atoms with Crippen molar-refractivity contribution in [3.63, 3.8) is 0 Å². The molecule has 1 aromatic heterocycles. The molecule has 134 valence electrons. The van der Waals surface area contributed by atoms with Crippen molar-refractivity contribution in [2.75, 3.05) is 32.5 Å². The van der Waals surface area contributed by atoms with E-state index < -0.39 is 0 Å². The topological polar surface area (TPSA) is 48.7 Å². The highest BCUT2D eigenvalue weighted by Gasteiger charge is 2.25. The fourth-order valence-corrected chi connectivity index (χ4v) is 3.32. The van der Waals surface area contributed by atoms with E-state index in [4.69, 9.17) is 4.42 Å². The minimum absolute atomic E-state index is 0.0912. The number of piperidine rings is 1. The van der Waals surface area contributed by atoms with Gasteiger partial charge in [0.05, 0.1) is 6.54 Å². The van der Waals surface area contributed by atoms with Crippen molar-refractivity contribution in [3.05, 3.63) is 53.5 Å². The highest BCUT2D eigenvalue weighted by Crippen LogP contribution is 2.18. The zero-order chi connectivity index (χ0) is 17.8. The van der Waals surface area contributed by atoms with E-state index in [0.717, 1.165) is 48.7 Å². The van der Waals surface area contributed by atoms with Crippen LogP contribution < -0.4 is 5.32 Å². The standard InChI is InChI=1S/C20H27N3O2/c1-15-6-11-19(25-15)13-21-17-9-7-16(8-10-17)20(24)23(3)18-5-4-12-22(2)14-18/h6-11,18,21H,4-5,12-14H2,1-3H3. The Hall–Kier alpha value is -2.27. The molecule has 0 saturated carbocycles.